The molecule has 0 bridgehead atoms. The van der Waals surface area contributed by atoms with Gasteiger partial charge in [0.2, 0.25) is 0 Å². The Labute approximate surface area is 108 Å². The third kappa shape index (κ3) is 3.71. The topological polar surface area (TPSA) is 40.5 Å². The van der Waals surface area contributed by atoms with Gasteiger partial charge in [0.25, 0.3) is 0 Å². The van der Waals surface area contributed by atoms with E-state index in [0.29, 0.717) is 0 Å². The van der Waals surface area contributed by atoms with Crippen molar-refractivity contribution in [3.8, 4) is 0 Å². The van der Waals surface area contributed by atoms with Gasteiger partial charge < -0.3 is 5.11 Å². The standard InChI is InChI=1S/C13H22ClNO2/c1-10(7-14)8-15-6-4-5-11(9-15)13(2,3)12(16)17/h7,11H,4-6,8-9H2,1-3H3,(H,16,17). The number of likely N-dealkylation sites (tertiary alicyclic amines) is 1. The van der Waals surface area contributed by atoms with Crippen molar-refractivity contribution in [2.24, 2.45) is 11.3 Å². The van der Waals surface area contributed by atoms with Crippen molar-refractivity contribution >= 4 is 17.6 Å². The molecule has 0 saturated carbocycles. The van der Waals surface area contributed by atoms with E-state index in [9.17, 15) is 9.90 Å². The Morgan fingerprint density at radius 3 is 2.76 bits per heavy atom. The SMILES string of the molecule is CC(=CCl)CN1CCCC(C(C)(C)C(=O)O)C1. The van der Waals surface area contributed by atoms with E-state index in [1.807, 2.05) is 20.8 Å². The Bertz CT molecular complexity index is 313. The fourth-order valence-electron chi connectivity index (χ4n) is 2.35. The molecule has 17 heavy (non-hydrogen) atoms. The summed E-state index contributed by atoms with van der Waals surface area (Å²) in [6.45, 7) is 8.38. The summed E-state index contributed by atoms with van der Waals surface area (Å²) in [6.07, 6.45) is 2.07. The Morgan fingerprint density at radius 1 is 1.59 bits per heavy atom. The average Bonchev–Trinajstić information content (AvgIpc) is 2.29. The van der Waals surface area contributed by atoms with Crippen molar-refractivity contribution in [2.45, 2.75) is 33.6 Å². The maximum Gasteiger partial charge on any atom is 0.309 e. The van der Waals surface area contributed by atoms with Crippen LogP contribution in [0.4, 0.5) is 0 Å². The first-order valence-electron chi connectivity index (χ1n) is 6.09. The number of carboxylic acids is 1. The maximum absolute atomic E-state index is 11.3. The highest BCUT2D eigenvalue weighted by Crippen LogP contribution is 2.34. The lowest BCUT2D eigenvalue weighted by Crippen LogP contribution is -2.45. The number of halogens is 1. The number of piperidine rings is 1. The molecule has 1 atom stereocenters. The molecule has 1 heterocycles. The third-order valence-electron chi connectivity index (χ3n) is 3.74. The first-order valence-corrected chi connectivity index (χ1v) is 6.53. The van der Waals surface area contributed by atoms with Gasteiger partial charge in [-0.1, -0.05) is 11.6 Å². The minimum atomic E-state index is -0.700. The molecule has 0 aromatic rings. The Kier molecular flexibility index (Phi) is 5.02. The van der Waals surface area contributed by atoms with E-state index in [-0.39, 0.29) is 5.92 Å². The lowest BCUT2D eigenvalue weighted by Gasteiger charge is -2.39. The molecule has 1 rings (SSSR count). The van der Waals surface area contributed by atoms with Gasteiger partial charge in [-0.15, -0.1) is 0 Å². The van der Waals surface area contributed by atoms with Crippen LogP contribution in [-0.4, -0.2) is 35.6 Å². The molecule has 98 valence electrons. The summed E-state index contributed by atoms with van der Waals surface area (Å²) in [5, 5.41) is 9.26. The van der Waals surface area contributed by atoms with Gasteiger partial charge in [0.05, 0.1) is 5.41 Å². The van der Waals surface area contributed by atoms with Gasteiger partial charge in [-0.2, -0.15) is 0 Å². The van der Waals surface area contributed by atoms with Crippen LogP contribution in [0.1, 0.15) is 33.6 Å². The fraction of sp³-hybridized carbons (Fsp3) is 0.769. The zero-order valence-corrected chi connectivity index (χ0v) is 11.6. The van der Waals surface area contributed by atoms with Gasteiger partial charge in [0, 0.05) is 18.6 Å². The van der Waals surface area contributed by atoms with Gasteiger partial charge in [-0.3, -0.25) is 9.69 Å². The predicted octanol–water partition coefficient (Wildman–Crippen LogP) is 2.95. The van der Waals surface area contributed by atoms with Crippen molar-refractivity contribution in [2.75, 3.05) is 19.6 Å². The summed E-state index contributed by atoms with van der Waals surface area (Å²) in [6, 6.07) is 0. The molecular formula is C13H22ClNO2. The van der Waals surface area contributed by atoms with Crippen LogP contribution in [0.15, 0.2) is 11.1 Å². The maximum atomic E-state index is 11.3. The monoisotopic (exact) mass is 259 g/mol. The molecule has 1 saturated heterocycles. The summed E-state index contributed by atoms with van der Waals surface area (Å²) in [4.78, 5) is 13.6. The number of hydrogen-bond donors (Lipinski definition) is 1. The third-order valence-corrected chi connectivity index (χ3v) is 4.11. The van der Waals surface area contributed by atoms with E-state index in [0.717, 1.165) is 38.0 Å². The summed E-state index contributed by atoms with van der Waals surface area (Å²) in [7, 11) is 0. The molecule has 0 radical (unpaired) electrons. The van der Waals surface area contributed by atoms with Crippen molar-refractivity contribution in [3.63, 3.8) is 0 Å². The fourth-order valence-corrected chi connectivity index (χ4v) is 2.42. The summed E-state index contributed by atoms with van der Waals surface area (Å²) < 4.78 is 0. The van der Waals surface area contributed by atoms with E-state index < -0.39 is 11.4 Å². The van der Waals surface area contributed by atoms with Gasteiger partial charge >= 0.3 is 5.97 Å². The van der Waals surface area contributed by atoms with Crippen molar-refractivity contribution < 1.29 is 9.90 Å². The number of rotatable bonds is 4. The second kappa shape index (κ2) is 5.87. The highest BCUT2D eigenvalue weighted by molar-refractivity contribution is 6.25. The molecule has 0 aromatic heterocycles. The van der Waals surface area contributed by atoms with E-state index >= 15 is 0 Å². The number of aliphatic carboxylic acids is 1. The van der Waals surface area contributed by atoms with Gasteiger partial charge in [-0.25, -0.2) is 0 Å². The number of hydrogen-bond acceptors (Lipinski definition) is 2. The molecule has 4 heteroatoms. The Hall–Kier alpha value is -0.540. The van der Waals surface area contributed by atoms with Crippen molar-refractivity contribution in [3.05, 3.63) is 11.1 Å². The highest BCUT2D eigenvalue weighted by Gasteiger charge is 2.38. The molecule has 0 spiro atoms. The van der Waals surface area contributed by atoms with Crippen LogP contribution in [0.25, 0.3) is 0 Å². The second-order valence-corrected chi connectivity index (χ2v) is 5.77. The largest absolute Gasteiger partial charge is 0.481 e. The van der Waals surface area contributed by atoms with E-state index in [2.05, 4.69) is 4.90 Å². The molecule has 0 aliphatic carbocycles. The molecule has 3 nitrogen and oxygen atoms in total. The molecule has 0 amide bonds. The predicted molar refractivity (Wildman–Crippen MR) is 70.2 cm³/mol. The number of carbonyl (C=O) groups is 1. The highest BCUT2D eigenvalue weighted by atomic mass is 35.5. The van der Waals surface area contributed by atoms with Crippen LogP contribution in [0.3, 0.4) is 0 Å². The van der Waals surface area contributed by atoms with Crippen LogP contribution in [0.2, 0.25) is 0 Å². The quantitative estimate of drug-likeness (QED) is 0.844. The normalized spacial score (nSPS) is 23.8. The first kappa shape index (κ1) is 14.5. The first-order chi connectivity index (χ1) is 7.87. The zero-order chi connectivity index (χ0) is 13.1. The molecule has 1 aliphatic rings. The van der Waals surface area contributed by atoms with Crippen LogP contribution < -0.4 is 0 Å². The number of carboxylic acid groups (broad SMARTS) is 1. The second-order valence-electron chi connectivity index (χ2n) is 5.56. The van der Waals surface area contributed by atoms with Crippen LogP contribution in [0.5, 0.6) is 0 Å². The summed E-state index contributed by atoms with van der Waals surface area (Å²) >= 11 is 5.67. The van der Waals surface area contributed by atoms with Crippen molar-refractivity contribution in [1.82, 2.24) is 4.90 Å². The van der Waals surface area contributed by atoms with Crippen LogP contribution in [0, 0.1) is 11.3 Å². The average molecular weight is 260 g/mol. The molecule has 1 N–H and O–H groups in total. The molecule has 1 fully saturated rings. The van der Waals surface area contributed by atoms with E-state index in [1.54, 1.807) is 5.54 Å². The lowest BCUT2D eigenvalue weighted by atomic mass is 9.74. The smallest absolute Gasteiger partial charge is 0.309 e. The minimum Gasteiger partial charge on any atom is -0.481 e. The summed E-state index contributed by atoms with van der Waals surface area (Å²) in [5.74, 6) is -0.481. The lowest BCUT2D eigenvalue weighted by molar-refractivity contribution is -0.151. The Morgan fingerprint density at radius 2 is 2.24 bits per heavy atom. The summed E-state index contributed by atoms with van der Waals surface area (Å²) in [5.41, 5.74) is 2.09. The molecular weight excluding hydrogens is 238 g/mol. The van der Waals surface area contributed by atoms with Crippen LogP contribution in [-0.2, 0) is 4.79 Å². The van der Waals surface area contributed by atoms with Crippen LogP contribution >= 0.6 is 11.6 Å². The van der Waals surface area contributed by atoms with Gasteiger partial charge in [0.15, 0.2) is 0 Å². The van der Waals surface area contributed by atoms with E-state index in [1.165, 1.54) is 0 Å². The number of nitrogens with zero attached hydrogens (tertiary/aromatic N) is 1. The molecule has 0 aromatic carbocycles. The Balaban J connectivity index is 2.63. The minimum absolute atomic E-state index is 0.219. The van der Waals surface area contributed by atoms with Crippen molar-refractivity contribution in [1.29, 1.82) is 0 Å². The zero-order valence-electron chi connectivity index (χ0n) is 10.9. The van der Waals surface area contributed by atoms with Gasteiger partial charge in [0.1, 0.15) is 0 Å². The molecule has 1 aliphatic heterocycles. The van der Waals surface area contributed by atoms with Gasteiger partial charge in [-0.05, 0) is 51.6 Å². The molecule has 1 unspecified atom stereocenters. The van der Waals surface area contributed by atoms with E-state index in [4.69, 9.17) is 11.6 Å².